The van der Waals surface area contributed by atoms with Gasteiger partial charge in [-0.2, -0.15) is 13.2 Å². The average molecular weight is 540 g/mol. The molecule has 1 aromatic heterocycles. The van der Waals surface area contributed by atoms with Gasteiger partial charge in [0.05, 0.1) is 12.6 Å². The Hall–Kier alpha value is -3.48. The maximum atomic E-state index is 15.9. The van der Waals surface area contributed by atoms with Gasteiger partial charge in [-0.05, 0) is 26.0 Å². The van der Waals surface area contributed by atoms with Crippen molar-refractivity contribution in [1.29, 1.82) is 0 Å². The van der Waals surface area contributed by atoms with Crippen LogP contribution in [-0.2, 0) is 9.53 Å². The topological polar surface area (TPSA) is 84.0 Å². The van der Waals surface area contributed by atoms with E-state index in [9.17, 15) is 27.2 Å². The minimum absolute atomic E-state index is 0.0248. The van der Waals surface area contributed by atoms with Crippen LogP contribution >= 0.6 is 0 Å². The fourth-order valence-corrected chi connectivity index (χ4v) is 5.24. The highest BCUT2D eigenvalue weighted by molar-refractivity contribution is 6.03. The summed E-state index contributed by atoms with van der Waals surface area (Å²) in [7, 11) is 0. The number of ether oxygens (including phenoxy) is 2. The first-order chi connectivity index (χ1) is 17.9. The van der Waals surface area contributed by atoms with Gasteiger partial charge < -0.3 is 24.6 Å². The van der Waals surface area contributed by atoms with Gasteiger partial charge in [0, 0.05) is 37.2 Å². The summed E-state index contributed by atoms with van der Waals surface area (Å²) in [5, 5.41) is 3.15. The smallest absolute Gasteiger partial charge is 0.487 e. The molecule has 13 heteroatoms. The van der Waals surface area contributed by atoms with Crippen LogP contribution in [0.15, 0.2) is 24.3 Å². The molecule has 0 aliphatic carbocycles. The van der Waals surface area contributed by atoms with E-state index < -0.39 is 58.8 Å². The maximum Gasteiger partial charge on any atom is 0.490 e. The largest absolute Gasteiger partial charge is 0.490 e. The van der Waals surface area contributed by atoms with Gasteiger partial charge >= 0.3 is 12.1 Å². The average Bonchev–Trinajstić information content (AvgIpc) is 3.06. The third kappa shape index (κ3) is 4.52. The Balaban J connectivity index is 1.66. The van der Waals surface area contributed by atoms with Gasteiger partial charge in [-0.3, -0.25) is 4.79 Å². The predicted molar refractivity (Wildman–Crippen MR) is 125 cm³/mol. The second-order valence-corrected chi connectivity index (χ2v) is 10.1. The van der Waals surface area contributed by atoms with Crippen LogP contribution in [-0.4, -0.2) is 78.4 Å². The summed E-state index contributed by atoms with van der Waals surface area (Å²) in [6, 6.07) is 4.97. The monoisotopic (exact) mass is 540 g/mol. The van der Waals surface area contributed by atoms with Crippen molar-refractivity contribution in [2.24, 2.45) is 0 Å². The number of alkyl halides is 3. The highest BCUT2D eigenvalue weighted by Crippen LogP contribution is 2.44. The summed E-state index contributed by atoms with van der Waals surface area (Å²) in [4.78, 5) is 32.7. The van der Waals surface area contributed by atoms with E-state index in [4.69, 9.17) is 9.47 Å². The molecule has 3 aliphatic rings. The zero-order chi connectivity index (χ0) is 27.4. The zero-order valence-corrected chi connectivity index (χ0v) is 20.6. The Morgan fingerprint density at radius 1 is 1.24 bits per heavy atom. The molecule has 204 valence electrons. The highest BCUT2D eigenvalue weighted by Gasteiger charge is 2.49. The van der Waals surface area contributed by atoms with Crippen LogP contribution in [0.3, 0.4) is 0 Å². The summed E-state index contributed by atoms with van der Waals surface area (Å²) in [6.45, 7) is 4.29. The van der Waals surface area contributed by atoms with Crippen LogP contribution in [0.2, 0.25) is 0 Å². The van der Waals surface area contributed by atoms with Gasteiger partial charge in [0.15, 0.2) is 11.6 Å². The standard InChI is InChI=1S/C25H25F5N4O4/c1-24(2)9-14(38-23(36)25(28,29)30)11-34(24)21-17-20(37-12-13-10-31-7-8-33(13)22(17)35)18(27)19(32-21)15-5-3-4-6-16(15)26/h3-6,13-14,31H,7-12H2,1-2H3/t13-,14+/m1/s1. The number of fused-ring (bicyclic) bond motifs is 2. The molecule has 1 aromatic carbocycles. The number of benzene rings is 1. The number of esters is 1. The van der Waals surface area contributed by atoms with Gasteiger partial charge in [-0.15, -0.1) is 0 Å². The van der Waals surface area contributed by atoms with Crippen molar-refractivity contribution in [3.8, 4) is 17.0 Å². The number of carbonyl (C=O) groups is 2. The third-order valence-electron chi connectivity index (χ3n) is 7.05. The first-order valence-corrected chi connectivity index (χ1v) is 12.1. The molecule has 0 radical (unpaired) electrons. The minimum Gasteiger partial charge on any atom is -0.487 e. The van der Waals surface area contributed by atoms with Gasteiger partial charge in [-0.1, -0.05) is 12.1 Å². The van der Waals surface area contributed by atoms with E-state index in [1.165, 1.54) is 23.1 Å². The van der Waals surface area contributed by atoms with Crippen molar-refractivity contribution in [3.63, 3.8) is 0 Å². The van der Waals surface area contributed by atoms with Crippen molar-refractivity contribution in [2.75, 3.05) is 37.7 Å². The molecule has 3 aliphatic heterocycles. The lowest BCUT2D eigenvalue weighted by atomic mass is 9.99. The number of piperazine rings is 1. The number of pyridine rings is 1. The number of carbonyl (C=O) groups excluding carboxylic acids is 2. The number of hydrogen-bond acceptors (Lipinski definition) is 7. The number of amides is 1. The Labute approximate surface area is 214 Å². The van der Waals surface area contributed by atoms with E-state index in [0.717, 1.165) is 6.07 Å². The molecule has 0 spiro atoms. The van der Waals surface area contributed by atoms with Crippen molar-refractivity contribution < 1.29 is 41.0 Å². The molecule has 38 heavy (non-hydrogen) atoms. The van der Waals surface area contributed by atoms with Gasteiger partial charge in [0.25, 0.3) is 5.91 Å². The lowest BCUT2D eigenvalue weighted by Gasteiger charge is -2.36. The Kier molecular flexibility index (Phi) is 6.44. The van der Waals surface area contributed by atoms with Crippen molar-refractivity contribution in [1.82, 2.24) is 15.2 Å². The van der Waals surface area contributed by atoms with Crippen molar-refractivity contribution in [3.05, 3.63) is 41.5 Å². The van der Waals surface area contributed by atoms with Crippen LogP contribution in [0.25, 0.3) is 11.3 Å². The van der Waals surface area contributed by atoms with E-state index in [-0.39, 0.29) is 36.5 Å². The lowest BCUT2D eigenvalue weighted by Crippen LogP contribution is -2.55. The first-order valence-electron chi connectivity index (χ1n) is 12.1. The molecule has 5 rings (SSSR count). The summed E-state index contributed by atoms with van der Waals surface area (Å²) in [6.07, 6.45) is -6.39. The fraction of sp³-hybridized carbons (Fsp3) is 0.480. The number of rotatable bonds is 3. The van der Waals surface area contributed by atoms with E-state index >= 15 is 4.39 Å². The SMILES string of the molecule is CC1(C)C[C@H](OC(=O)C(F)(F)F)CN1c1nc(-c2ccccc2F)c(F)c2c1C(=O)N1CCNC[C@@H]1CO2. The number of hydrogen-bond donors (Lipinski definition) is 1. The predicted octanol–water partition coefficient (Wildman–Crippen LogP) is 3.30. The van der Waals surface area contributed by atoms with Crippen molar-refractivity contribution >= 4 is 17.7 Å². The van der Waals surface area contributed by atoms with E-state index in [2.05, 4.69) is 10.3 Å². The van der Waals surface area contributed by atoms with Crippen LogP contribution in [0.4, 0.5) is 27.8 Å². The summed E-state index contributed by atoms with van der Waals surface area (Å²) in [5.74, 6) is -5.16. The molecule has 2 aromatic rings. The van der Waals surface area contributed by atoms with Crippen LogP contribution in [0.5, 0.6) is 5.75 Å². The minimum atomic E-state index is -5.18. The second-order valence-electron chi connectivity index (χ2n) is 10.1. The maximum absolute atomic E-state index is 15.9. The Morgan fingerprint density at radius 2 is 1.97 bits per heavy atom. The summed E-state index contributed by atoms with van der Waals surface area (Å²) in [5.41, 5.74) is -1.76. The van der Waals surface area contributed by atoms with Gasteiger partial charge in [-0.25, -0.2) is 18.6 Å². The number of halogens is 5. The summed E-state index contributed by atoms with van der Waals surface area (Å²) < 4.78 is 79.8. The van der Waals surface area contributed by atoms with Crippen LogP contribution in [0.1, 0.15) is 30.6 Å². The molecule has 0 bridgehead atoms. The first kappa shape index (κ1) is 26.1. The number of aromatic nitrogens is 1. The molecule has 0 saturated carbocycles. The number of anilines is 1. The van der Waals surface area contributed by atoms with E-state index in [0.29, 0.717) is 19.6 Å². The molecule has 2 saturated heterocycles. The molecule has 2 fully saturated rings. The molecule has 2 atom stereocenters. The van der Waals surface area contributed by atoms with Crippen molar-refractivity contribution in [2.45, 2.75) is 44.1 Å². The summed E-state index contributed by atoms with van der Waals surface area (Å²) >= 11 is 0. The molecule has 0 unspecified atom stereocenters. The van der Waals surface area contributed by atoms with Crippen LogP contribution < -0.4 is 15.0 Å². The highest BCUT2D eigenvalue weighted by atomic mass is 19.4. The van der Waals surface area contributed by atoms with Crippen LogP contribution in [0, 0.1) is 11.6 Å². The van der Waals surface area contributed by atoms with E-state index in [1.54, 1.807) is 18.7 Å². The number of nitrogens with zero attached hydrogens (tertiary/aromatic N) is 3. The Morgan fingerprint density at radius 3 is 2.68 bits per heavy atom. The fourth-order valence-electron chi connectivity index (χ4n) is 5.24. The Bertz CT molecular complexity index is 1290. The molecular weight excluding hydrogens is 515 g/mol. The lowest BCUT2D eigenvalue weighted by molar-refractivity contribution is -0.204. The molecule has 4 heterocycles. The van der Waals surface area contributed by atoms with Gasteiger partial charge in [0.1, 0.15) is 35.6 Å². The molecule has 1 N–H and O–H groups in total. The van der Waals surface area contributed by atoms with Gasteiger partial charge in [0.2, 0.25) is 0 Å². The zero-order valence-electron chi connectivity index (χ0n) is 20.6. The van der Waals surface area contributed by atoms with E-state index in [1.807, 2.05) is 0 Å². The molecular formula is C25H25F5N4O4. The third-order valence-corrected chi connectivity index (χ3v) is 7.05. The quantitative estimate of drug-likeness (QED) is 0.473. The normalized spacial score (nSPS) is 22.9. The molecule has 1 amide bonds. The second kappa shape index (κ2) is 9.37. The number of nitrogens with one attached hydrogen (secondary N) is 1. The molecule has 8 nitrogen and oxygen atoms in total.